The summed E-state index contributed by atoms with van der Waals surface area (Å²) in [5.74, 6) is -1.37. The Labute approximate surface area is 144 Å². The maximum atomic E-state index is 12.8. The minimum Gasteiger partial charge on any atom is -0.382 e. The van der Waals surface area contributed by atoms with Gasteiger partial charge in [0.25, 0.3) is 0 Å². The fourth-order valence-electron chi connectivity index (χ4n) is 2.03. The van der Waals surface area contributed by atoms with Gasteiger partial charge < -0.3 is 15.4 Å². The van der Waals surface area contributed by atoms with Crippen molar-refractivity contribution in [2.45, 2.75) is 31.9 Å². The molecule has 0 fully saturated rings. The molecule has 0 saturated carbocycles. The standard InChI is InChI=1S/C15H16F6N2O3/c1-8(24)23-12(7-26-2)13(25)22-6-9-3-10(14(16,17)18)5-11(4-9)15(19,20)21/h3-5,12H,6-7H2,1-2H3,(H,22,25)(H,23,24). The van der Waals surface area contributed by atoms with Crippen LogP contribution in [0.4, 0.5) is 26.3 Å². The Balaban J connectivity index is 3.01. The van der Waals surface area contributed by atoms with Crippen LogP contribution in [-0.2, 0) is 33.2 Å². The summed E-state index contributed by atoms with van der Waals surface area (Å²) in [5, 5.41) is 4.43. The van der Waals surface area contributed by atoms with Gasteiger partial charge in [-0.1, -0.05) is 0 Å². The summed E-state index contributed by atoms with van der Waals surface area (Å²) in [5.41, 5.74) is -3.35. The van der Waals surface area contributed by atoms with Crippen molar-refractivity contribution in [2.24, 2.45) is 0 Å². The molecule has 146 valence electrons. The molecule has 0 bridgehead atoms. The minimum atomic E-state index is -4.98. The summed E-state index contributed by atoms with van der Waals surface area (Å²) < 4.78 is 81.5. The zero-order chi connectivity index (χ0) is 20.1. The molecular weight excluding hydrogens is 370 g/mol. The van der Waals surface area contributed by atoms with Gasteiger partial charge >= 0.3 is 12.4 Å². The lowest BCUT2D eigenvalue weighted by Crippen LogP contribution is -2.48. The zero-order valence-corrected chi connectivity index (χ0v) is 13.7. The summed E-state index contributed by atoms with van der Waals surface area (Å²) in [4.78, 5) is 23.0. The molecule has 2 amide bonds. The van der Waals surface area contributed by atoms with E-state index in [9.17, 15) is 35.9 Å². The van der Waals surface area contributed by atoms with Crippen molar-refractivity contribution in [2.75, 3.05) is 13.7 Å². The predicted molar refractivity (Wildman–Crippen MR) is 77.8 cm³/mol. The molecule has 26 heavy (non-hydrogen) atoms. The average molecular weight is 386 g/mol. The van der Waals surface area contributed by atoms with Crippen molar-refractivity contribution in [3.05, 3.63) is 34.9 Å². The van der Waals surface area contributed by atoms with Crippen molar-refractivity contribution >= 4 is 11.8 Å². The molecule has 0 aliphatic heterocycles. The Hall–Kier alpha value is -2.30. The third-order valence-electron chi connectivity index (χ3n) is 3.14. The highest BCUT2D eigenvalue weighted by Crippen LogP contribution is 2.36. The highest BCUT2D eigenvalue weighted by atomic mass is 19.4. The summed E-state index contributed by atoms with van der Waals surface area (Å²) >= 11 is 0. The maximum Gasteiger partial charge on any atom is 0.416 e. The first-order valence-corrected chi connectivity index (χ1v) is 7.16. The normalized spacial score (nSPS) is 13.2. The third kappa shape index (κ3) is 6.54. The Bertz CT molecular complexity index is 626. The number of hydrogen-bond acceptors (Lipinski definition) is 3. The monoisotopic (exact) mass is 386 g/mol. The number of hydrogen-bond donors (Lipinski definition) is 2. The van der Waals surface area contributed by atoms with Gasteiger partial charge in [-0.05, 0) is 23.8 Å². The first-order chi connectivity index (χ1) is 11.8. The number of rotatable bonds is 6. The van der Waals surface area contributed by atoms with E-state index in [1.807, 2.05) is 0 Å². The van der Waals surface area contributed by atoms with Crippen LogP contribution < -0.4 is 10.6 Å². The topological polar surface area (TPSA) is 67.4 Å². The largest absolute Gasteiger partial charge is 0.416 e. The van der Waals surface area contributed by atoms with E-state index in [-0.39, 0.29) is 18.2 Å². The van der Waals surface area contributed by atoms with Crippen LogP contribution in [-0.4, -0.2) is 31.6 Å². The van der Waals surface area contributed by atoms with Crippen LogP contribution in [0.25, 0.3) is 0 Å². The minimum absolute atomic E-state index is 0.00362. The second-order valence-corrected chi connectivity index (χ2v) is 5.34. The SMILES string of the molecule is COCC(NC(C)=O)C(=O)NCc1cc(C(F)(F)F)cc(C(F)(F)F)c1. The molecule has 0 spiro atoms. The summed E-state index contributed by atoms with van der Waals surface area (Å²) in [6, 6.07) is -0.111. The molecule has 0 heterocycles. The quantitative estimate of drug-likeness (QED) is 0.739. The molecule has 1 unspecified atom stereocenters. The van der Waals surface area contributed by atoms with Crippen molar-refractivity contribution in [1.29, 1.82) is 0 Å². The van der Waals surface area contributed by atoms with E-state index in [1.54, 1.807) is 0 Å². The number of carbonyl (C=O) groups is 2. The number of ether oxygens (including phenoxy) is 1. The number of alkyl halides is 6. The maximum absolute atomic E-state index is 12.8. The lowest BCUT2D eigenvalue weighted by atomic mass is 10.0. The molecule has 1 aromatic rings. The van der Waals surface area contributed by atoms with E-state index in [1.165, 1.54) is 7.11 Å². The van der Waals surface area contributed by atoms with Crippen LogP contribution in [0, 0.1) is 0 Å². The number of nitrogens with one attached hydrogen (secondary N) is 2. The Kier molecular flexibility index (Phi) is 7.01. The molecule has 0 radical (unpaired) electrons. The summed E-state index contributed by atoms with van der Waals surface area (Å²) in [6.45, 7) is 0.325. The number of carbonyl (C=O) groups excluding carboxylic acids is 2. The highest BCUT2D eigenvalue weighted by molar-refractivity contribution is 5.86. The molecule has 0 aliphatic carbocycles. The fourth-order valence-corrected chi connectivity index (χ4v) is 2.03. The van der Waals surface area contributed by atoms with Gasteiger partial charge in [0.2, 0.25) is 11.8 Å². The number of benzene rings is 1. The Morgan fingerprint density at radius 1 is 1.04 bits per heavy atom. The number of halogens is 6. The smallest absolute Gasteiger partial charge is 0.382 e. The van der Waals surface area contributed by atoms with E-state index >= 15 is 0 Å². The fraction of sp³-hybridized carbons (Fsp3) is 0.467. The first kappa shape index (κ1) is 21.7. The van der Waals surface area contributed by atoms with E-state index < -0.39 is 47.9 Å². The van der Waals surface area contributed by atoms with Gasteiger partial charge in [0.1, 0.15) is 6.04 Å². The van der Waals surface area contributed by atoms with E-state index in [2.05, 4.69) is 10.6 Å². The van der Waals surface area contributed by atoms with Gasteiger partial charge in [0, 0.05) is 20.6 Å². The molecule has 1 atom stereocenters. The molecule has 5 nitrogen and oxygen atoms in total. The lowest BCUT2D eigenvalue weighted by Gasteiger charge is -2.18. The van der Waals surface area contributed by atoms with Crippen molar-refractivity contribution in [3.8, 4) is 0 Å². The lowest BCUT2D eigenvalue weighted by molar-refractivity contribution is -0.143. The van der Waals surface area contributed by atoms with Gasteiger partial charge in [-0.3, -0.25) is 9.59 Å². The molecule has 11 heteroatoms. The summed E-state index contributed by atoms with van der Waals surface area (Å²) in [7, 11) is 1.25. The van der Waals surface area contributed by atoms with Gasteiger partial charge in [-0.2, -0.15) is 26.3 Å². The van der Waals surface area contributed by atoms with Crippen LogP contribution in [0.2, 0.25) is 0 Å². The zero-order valence-electron chi connectivity index (χ0n) is 13.7. The van der Waals surface area contributed by atoms with Crippen LogP contribution in [0.1, 0.15) is 23.6 Å². The molecule has 2 N–H and O–H groups in total. The first-order valence-electron chi connectivity index (χ1n) is 7.16. The predicted octanol–water partition coefficient (Wildman–Crippen LogP) is 2.49. The van der Waals surface area contributed by atoms with E-state index in [0.29, 0.717) is 12.1 Å². The van der Waals surface area contributed by atoms with E-state index in [0.717, 1.165) is 6.92 Å². The molecule has 1 aromatic carbocycles. The molecular formula is C15H16F6N2O3. The highest BCUT2D eigenvalue weighted by Gasteiger charge is 2.36. The van der Waals surface area contributed by atoms with Crippen LogP contribution in [0.15, 0.2) is 18.2 Å². The van der Waals surface area contributed by atoms with Crippen molar-refractivity contribution in [1.82, 2.24) is 10.6 Å². The summed E-state index contributed by atoms with van der Waals surface area (Å²) in [6.07, 6.45) is -9.95. The number of amides is 2. The Morgan fingerprint density at radius 2 is 1.54 bits per heavy atom. The second kappa shape index (κ2) is 8.39. The van der Waals surface area contributed by atoms with Crippen molar-refractivity contribution < 1.29 is 40.7 Å². The van der Waals surface area contributed by atoms with E-state index in [4.69, 9.17) is 4.74 Å². The molecule has 0 saturated heterocycles. The van der Waals surface area contributed by atoms with Crippen molar-refractivity contribution in [3.63, 3.8) is 0 Å². The van der Waals surface area contributed by atoms with Gasteiger partial charge in [0.15, 0.2) is 0 Å². The van der Waals surface area contributed by atoms with Gasteiger partial charge in [-0.25, -0.2) is 0 Å². The van der Waals surface area contributed by atoms with Gasteiger partial charge in [0.05, 0.1) is 17.7 Å². The second-order valence-electron chi connectivity index (χ2n) is 5.34. The van der Waals surface area contributed by atoms with Gasteiger partial charge in [-0.15, -0.1) is 0 Å². The third-order valence-corrected chi connectivity index (χ3v) is 3.14. The van der Waals surface area contributed by atoms with Crippen LogP contribution >= 0.6 is 0 Å². The molecule has 0 aromatic heterocycles. The van der Waals surface area contributed by atoms with Crippen LogP contribution in [0.5, 0.6) is 0 Å². The molecule has 0 aliphatic rings. The van der Waals surface area contributed by atoms with Crippen LogP contribution in [0.3, 0.4) is 0 Å². The molecule has 1 rings (SSSR count). The Morgan fingerprint density at radius 3 is 1.92 bits per heavy atom. The average Bonchev–Trinajstić information content (AvgIpc) is 2.49. The number of methoxy groups -OCH3 is 1.